The van der Waals surface area contributed by atoms with Gasteiger partial charge in [0.2, 0.25) is 11.8 Å². The lowest BCUT2D eigenvalue weighted by molar-refractivity contribution is -0.134. The molecule has 0 saturated heterocycles. The molecule has 0 aliphatic rings. The van der Waals surface area contributed by atoms with Crippen LogP contribution in [0, 0.1) is 6.92 Å². The molecule has 2 amide bonds. The number of halogens is 1. The van der Waals surface area contributed by atoms with Crippen molar-refractivity contribution in [2.45, 2.75) is 26.3 Å². The second-order valence-corrected chi connectivity index (χ2v) is 6.10. The maximum Gasteiger partial charge on any atom is 0.239 e. The summed E-state index contributed by atoms with van der Waals surface area (Å²) in [7, 11) is 1.62. The zero-order chi connectivity index (χ0) is 17.5. The molecule has 1 aromatic carbocycles. The summed E-state index contributed by atoms with van der Waals surface area (Å²) in [6, 6.07) is 9.31. The Morgan fingerprint density at radius 2 is 2.08 bits per heavy atom. The lowest BCUT2D eigenvalue weighted by Crippen LogP contribution is -2.38. The molecule has 2 rings (SSSR count). The van der Waals surface area contributed by atoms with Gasteiger partial charge in [0, 0.05) is 18.5 Å². The molecule has 1 heterocycles. The molecular weight excluding hydrogens is 328 g/mol. The minimum atomic E-state index is -0.222. The smallest absolute Gasteiger partial charge is 0.239 e. The monoisotopic (exact) mass is 348 g/mol. The van der Waals surface area contributed by atoms with E-state index in [0.29, 0.717) is 30.2 Å². The van der Waals surface area contributed by atoms with E-state index >= 15 is 0 Å². The van der Waals surface area contributed by atoms with Crippen LogP contribution in [0.5, 0.6) is 0 Å². The van der Waals surface area contributed by atoms with Crippen molar-refractivity contribution in [2.24, 2.45) is 0 Å². The molecule has 0 unspecified atom stereocenters. The van der Waals surface area contributed by atoms with Gasteiger partial charge in [-0.2, -0.15) is 0 Å². The summed E-state index contributed by atoms with van der Waals surface area (Å²) >= 11 is 6.08. The van der Waals surface area contributed by atoms with Crippen molar-refractivity contribution in [1.29, 1.82) is 0 Å². The Morgan fingerprint density at radius 3 is 2.75 bits per heavy atom. The number of nitrogens with zero attached hydrogens (tertiary/aromatic N) is 1. The Kier molecular flexibility index (Phi) is 6.44. The lowest BCUT2D eigenvalue weighted by Gasteiger charge is -2.16. The fourth-order valence-electron chi connectivity index (χ4n) is 2.19. The van der Waals surface area contributed by atoms with Crippen molar-refractivity contribution in [3.8, 4) is 0 Å². The van der Waals surface area contributed by atoms with Crippen LogP contribution in [0.3, 0.4) is 0 Å². The highest BCUT2D eigenvalue weighted by atomic mass is 35.5. The van der Waals surface area contributed by atoms with Gasteiger partial charge in [-0.05, 0) is 42.7 Å². The molecule has 0 fully saturated rings. The molecule has 0 saturated carbocycles. The van der Waals surface area contributed by atoms with Crippen molar-refractivity contribution in [3.63, 3.8) is 0 Å². The molecule has 0 atom stereocenters. The van der Waals surface area contributed by atoms with Crippen molar-refractivity contribution in [3.05, 3.63) is 58.5 Å². The SMILES string of the molecule is Cc1ccc(CCC(=O)N(C)CC(=O)NCc2ccco2)cc1Cl. The Hall–Kier alpha value is -2.27. The molecule has 24 heavy (non-hydrogen) atoms. The third-order valence-corrected chi connectivity index (χ3v) is 4.12. The first kappa shape index (κ1) is 18.1. The zero-order valence-corrected chi connectivity index (χ0v) is 14.6. The van der Waals surface area contributed by atoms with Gasteiger partial charge in [-0.25, -0.2) is 0 Å². The summed E-state index contributed by atoms with van der Waals surface area (Å²) in [6.45, 7) is 2.27. The molecule has 0 radical (unpaired) electrons. The maximum absolute atomic E-state index is 12.1. The van der Waals surface area contributed by atoms with E-state index in [0.717, 1.165) is 11.1 Å². The predicted molar refractivity (Wildman–Crippen MR) is 92.7 cm³/mol. The molecule has 2 aromatic rings. The average Bonchev–Trinajstić information content (AvgIpc) is 3.07. The summed E-state index contributed by atoms with van der Waals surface area (Å²) in [5.74, 6) is 0.369. The Labute approximate surface area is 146 Å². The standard InChI is InChI=1S/C18H21ClN2O3/c1-13-5-6-14(10-16(13)19)7-8-18(23)21(2)12-17(22)20-11-15-4-3-9-24-15/h3-6,9-10H,7-8,11-12H2,1-2H3,(H,20,22). The number of hydrogen-bond donors (Lipinski definition) is 1. The Balaban J connectivity index is 1.74. The summed E-state index contributed by atoms with van der Waals surface area (Å²) in [5.41, 5.74) is 2.02. The van der Waals surface area contributed by atoms with Gasteiger partial charge in [-0.1, -0.05) is 23.7 Å². The molecule has 1 N–H and O–H groups in total. The first-order valence-electron chi connectivity index (χ1n) is 7.74. The van der Waals surface area contributed by atoms with Crippen molar-refractivity contribution in [1.82, 2.24) is 10.2 Å². The Morgan fingerprint density at radius 1 is 1.29 bits per heavy atom. The maximum atomic E-state index is 12.1. The van der Waals surface area contributed by atoms with Gasteiger partial charge < -0.3 is 14.6 Å². The second-order valence-electron chi connectivity index (χ2n) is 5.69. The van der Waals surface area contributed by atoms with Gasteiger partial charge >= 0.3 is 0 Å². The summed E-state index contributed by atoms with van der Waals surface area (Å²) in [5, 5.41) is 3.41. The first-order chi connectivity index (χ1) is 11.5. The van der Waals surface area contributed by atoms with Crippen molar-refractivity contribution in [2.75, 3.05) is 13.6 Å². The van der Waals surface area contributed by atoms with Gasteiger partial charge in [0.15, 0.2) is 0 Å². The number of carbonyl (C=O) groups excluding carboxylic acids is 2. The number of rotatable bonds is 7. The van der Waals surface area contributed by atoms with E-state index in [1.54, 1.807) is 25.4 Å². The van der Waals surface area contributed by atoms with Gasteiger partial charge in [0.1, 0.15) is 5.76 Å². The van der Waals surface area contributed by atoms with Crippen LogP contribution in [0.1, 0.15) is 23.3 Å². The van der Waals surface area contributed by atoms with E-state index in [9.17, 15) is 9.59 Å². The van der Waals surface area contributed by atoms with E-state index in [1.807, 2.05) is 25.1 Å². The second kappa shape index (κ2) is 8.55. The zero-order valence-electron chi connectivity index (χ0n) is 13.8. The van der Waals surface area contributed by atoms with Crippen LogP contribution < -0.4 is 5.32 Å². The van der Waals surface area contributed by atoms with E-state index in [4.69, 9.17) is 16.0 Å². The van der Waals surface area contributed by atoms with E-state index in [-0.39, 0.29) is 18.4 Å². The summed E-state index contributed by atoms with van der Waals surface area (Å²) in [6.07, 6.45) is 2.48. The molecular formula is C18H21ClN2O3. The number of nitrogens with one attached hydrogen (secondary N) is 1. The number of hydrogen-bond acceptors (Lipinski definition) is 3. The molecule has 0 bridgehead atoms. The fourth-order valence-corrected chi connectivity index (χ4v) is 2.40. The molecule has 0 aliphatic carbocycles. The van der Waals surface area contributed by atoms with Crippen LogP contribution in [0.25, 0.3) is 0 Å². The number of amides is 2. The van der Waals surface area contributed by atoms with Gasteiger partial charge in [0.25, 0.3) is 0 Å². The highest BCUT2D eigenvalue weighted by Crippen LogP contribution is 2.17. The normalized spacial score (nSPS) is 10.5. The van der Waals surface area contributed by atoms with Crippen molar-refractivity contribution < 1.29 is 14.0 Å². The minimum Gasteiger partial charge on any atom is -0.467 e. The summed E-state index contributed by atoms with van der Waals surface area (Å²) in [4.78, 5) is 25.4. The van der Waals surface area contributed by atoms with Crippen LogP contribution >= 0.6 is 11.6 Å². The minimum absolute atomic E-state index is 0.0220. The number of furan rings is 1. The Bertz CT molecular complexity index is 698. The first-order valence-corrected chi connectivity index (χ1v) is 8.11. The summed E-state index contributed by atoms with van der Waals surface area (Å²) < 4.78 is 5.14. The number of benzene rings is 1. The molecule has 0 aliphatic heterocycles. The van der Waals surface area contributed by atoms with Gasteiger partial charge in [0.05, 0.1) is 19.4 Å². The number of aryl methyl sites for hydroxylation is 2. The van der Waals surface area contributed by atoms with E-state index in [2.05, 4.69) is 5.32 Å². The topological polar surface area (TPSA) is 62.6 Å². The fraction of sp³-hybridized carbons (Fsp3) is 0.333. The van der Waals surface area contributed by atoms with Crippen molar-refractivity contribution >= 4 is 23.4 Å². The van der Waals surface area contributed by atoms with E-state index in [1.165, 1.54) is 4.90 Å². The van der Waals surface area contributed by atoms with E-state index < -0.39 is 0 Å². The molecule has 6 heteroatoms. The highest BCUT2D eigenvalue weighted by Gasteiger charge is 2.13. The largest absolute Gasteiger partial charge is 0.467 e. The average molecular weight is 349 g/mol. The van der Waals surface area contributed by atoms with Crippen LogP contribution in [0.2, 0.25) is 5.02 Å². The third-order valence-electron chi connectivity index (χ3n) is 3.71. The third kappa shape index (κ3) is 5.42. The molecule has 5 nitrogen and oxygen atoms in total. The quantitative estimate of drug-likeness (QED) is 0.836. The van der Waals surface area contributed by atoms with Gasteiger partial charge in [-0.15, -0.1) is 0 Å². The highest BCUT2D eigenvalue weighted by molar-refractivity contribution is 6.31. The van der Waals surface area contributed by atoms with Crippen LogP contribution in [0.15, 0.2) is 41.0 Å². The van der Waals surface area contributed by atoms with Crippen LogP contribution in [-0.4, -0.2) is 30.3 Å². The van der Waals surface area contributed by atoms with Crippen LogP contribution in [-0.2, 0) is 22.6 Å². The molecule has 1 aromatic heterocycles. The lowest BCUT2D eigenvalue weighted by atomic mass is 10.1. The van der Waals surface area contributed by atoms with Crippen LogP contribution in [0.4, 0.5) is 0 Å². The van der Waals surface area contributed by atoms with Gasteiger partial charge in [-0.3, -0.25) is 9.59 Å². The number of carbonyl (C=O) groups is 2. The number of likely N-dealkylation sites (N-methyl/N-ethyl adjacent to an activating group) is 1. The molecule has 0 spiro atoms. The molecule has 128 valence electrons. The predicted octanol–water partition coefficient (Wildman–Crippen LogP) is 2.95.